The number of nitrogens with zero attached hydrogens (tertiary/aromatic N) is 2. The molecule has 0 saturated carbocycles. The smallest absolute Gasteiger partial charge is 0.207 e. The van der Waals surface area contributed by atoms with Gasteiger partial charge in [-0.3, -0.25) is 0 Å². The van der Waals surface area contributed by atoms with Gasteiger partial charge in [-0.1, -0.05) is 0 Å². The van der Waals surface area contributed by atoms with Crippen LogP contribution < -0.4 is 4.57 Å². The minimum absolute atomic E-state index is 0.271. The van der Waals surface area contributed by atoms with Gasteiger partial charge in [0, 0.05) is 6.92 Å². The van der Waals surface area contributed by atoms with Crippen LogP contribution in [0.3, 0.4) is 0 Å². The molecule has 0 unspecified atom stereocenters. The summed E-state index contributed by atoms with van der Waals surface area (Å²) in [5.41, 5.74) is 0. The van der Waals surface area contributed by atoms with Gasteiger partial charge < -0.3 is 0 Å². The fourth-order valence-electron chi connectivity index (χ4n) is 0.752. The van der Waals surface area contributed by atoms with Gasteiger partial charge in [-0.25, -0.2) is 4.57 Å². The lowest BCUT2D eigenvalue weighted by Crippen LogP contribution is -2.33. The zero-order valence-corrected chi connectivity index (χ0v) is 6.18. The Bertz CT molecular complexity index is 261. The van der Waals surface area contributed by atoms with E-state index in [2.05, 4.69) is 0 Å². The van der Waals surface area contributed by atoms with Crippen LogP contribution in [0, 0.1) is 6.08 Å². The number of aryl methyl sites for hydroxylation is 1. The predicted molar refractivity (Wildman–Crippen MR) is 31.4 cm³/mol. The fraction of sp³-hybridized carbons (Fsp3) is 0.500. The summed E-state index contributed by atoms with van der Waals surface area (Å²) >= 11 is 0. The SMILES string of the molecule is C[n+]1ccn(C(C)(F)F)c1F. The number of imidazole rings is 1. The van der Waals surface area contributed by atoms with Crippen molar-refractivity contribution in [1.29, 1.82) is 0 Å². The van der Waals surface area contributed by atoms with Gasteiger partial charge >= 0.3 is 12.1 Å². The van der Waals surface area contributed by atoms with Crippen LogP contribution >= 0.6 is 0 Å². The highest BCUT2D eigenvalue weighted by Crippen LogP contribution is 2.19. The van der Waals surface area contributed by atoms with Crippen molar-refractivity contribution in [1.82, 2.24) is 4.57 Å². The molecule has 0 amide bonds. The first-order valence-electron chi connectivity index (χ1n) is 3.03. The second-order valence-electron chi connectivity index (χ2n) is 2.39. The summed E-state index contributed by atoms with van der Waals surface area (Å²) in [7, 11) is 1.36. The number of hydrogen-bond donors (Lipinski definition) is 0. The van der Waals surface area contributed by atoms with Crippen LogP contribution in [0.15, 0.2) is 12.4 Å². The van der Waals surface area contributed by atoms with E-state index in [9.17, 15) is 13.2 Å². The third-order valence-electron chi connectivity index (χ3n) is 1.35. The molecule has 0 atom stereocenters. The van der Waals surface area contributed by atoms with Crippen LogP contribution in [0.2, 0.25) is 0 Å². The highest BCUT2D eigenvalue weighted by molar-refractivity contribution is 4.73. The van der Waals surface area contributed by atoms with Crippen LogP contribution in [-0.2, 0) is 13.1 Å². The summed E-state index contributed by atoms with van der Waals surface area (Å²) in [6, 6.07) is -3.18. The molecule has 0 bridgehead atoms. The van der Waals surface area contributed by atoms with Crippen molar-refractivity contribution in [3.05, 3.63) is 18.5 Å². The Hall–Kier alpha value is -1.00. The molecule has 0 N–H and O–H groups in total. The molecule has 11 heavy (non-hydrogen) atoms. The summed E-state index contributed by atoms with van der Waals surface area (Å²) in [6.07, 6.45) is 1.26. The maximum Gasteiger partial charge on any atom is 0.450 e. The van der Waals surface area contributed by atoms with Crippen molar-refractivity contribution in [3.8, 4) is 0 Å². The third-order valence-corrected chi connectivity index (χ3v) is 1.35. The van der Waals surface area contributed by atoms with Crippen molar-refractivity contribution in [2.24, 2.45) is 7.05 Å². The highest BCUT2D eigenvalue weighted by atomic mass is 19.3. The second-order valence-corrected chi connectivity index (χ2v) is 2.39. The molecule has 1 aromatic rings. The normalized spacial score (nSPS) is 12.1. The summed E-state index contributed by atoms with van der Waals surface area (Å²) < 4.78 is 38.8. The summed E-state index contributed by atoms with van der Waals surface area (Å²) in [4.78, 5) is 0. The first-order chi connectivity index (χ1) is 4.93. The maximum absolute atomic E-state index is 12.7. The Morgan fingerprint density at radius 1 is 1.55 bits per heavy atom. The van der Waals surface area contributed by atoms with Gasteiger partial charge in [-0.05, 0) is 0 Å². The largest absolute Gasteiger partial charge is 0.450 e. The van der Waals surface area contributed by atoms with Crippen LogP contribution in [0.5, 0.6) is 0 Å². The first kappa shape index (κ1) is 8.10. The molecular weight excluding hydrogens is 157 g/mol. The Balaban J connectivity index is 3.15. The molecular formula is C6H8F3N2+. The second kappa shape index (κ2) is 2.25. The maximum atomic E-state index is 12.7. The summed E-state index contributed by atoms with van der Waals surface area (Å²) in [6.45, 7) is 0.635. The predicted octanol–water partition coefficient (Wildman–Crippen LogP) is 1.02. The molecule has 0 aliphatic rings. The lowest BCUT2D eigenvalue weighted by Gasteiger charge is -2.03. The molecule has 0 spiro atoms. The molecule has 0 aliphatic heterocycles. The molecule has 1 rings (SSSR count). The van der Waals surface area contributed by atoms with Gasteiger partial charge in [0.1, 0.15) is 12.4 Å². The molecule has 0 fully saturated rings. The standard InChI is InChI=1S/C6H8F3N2/c1-6(8,9)11-4-3-10(2)5(11)7/h3-4H,1-2H3/q+1. The average Bonchev–Trinajstić information content (AvgIpc) is 2.11. The third kappa shape index (κ3) is 1.36. The summed E-state index contributed by atoms with van der Waals surface area (Å²) in [5.74, 6) is 0. The van der Waals surface area contributed by atoms with Crippen molar-refractivity contribution in [3.63, 3.8) is 0 Å². The van der Waals surface area contributed by atoms with Crippen LogP contribution in [0.1, 0.15) is 6.92 Å². The van der Waals surface area contributed by atoms with Crippen molar-refractivity contribution in [2.75, 3.05) is 0 Å². The van der Waals surface area contributed by atoms with Crippen LogP contribution in [-0.4, -0.2) is 4.57 Å². The van der Waals surface area contributed by atoms with E-state index < -0.39 is 12.1 Å². The fourth-order valence-corrected chi connectivity index (χ4v) is 0.752. The van der Waals surface area contributed by atoms with E-state index in [1.807, 2.05) is 0 Å². The number of alkyl halides is 2. The van der Waals surface area contributed by atoms with E-state index in [0.717, 1.165) is 10.8 Å². The first-order valence-corrected chi connectivity index (χ1v) is 3.03. The lowest BCUT2D eigenvalue weighted by molar-refractivity contribution is -0.701. The zero-order chi connectivity index (χ0) is 8.65. The summed E-state index contributed by atoms with van der Waals surface area (Å²) in [5, 5.41) is 0. The lowest BCUT2D eigenvalue weighted by atomic mass is 10.6. The topological polar surface area (TPSA) is 8.81 Å². The number of rotatable bonds is 1. The van der Waals surface area contributed by atoms with Crippen molar-refractivity contribution in [2.45, 2.75) is 13.0 Å². The van der Waals surface area contributed by atoms with Gasteiger partial charge in [0.2, 0.25) is 0 Å². The van der Waals surface area contributed by atoms with E-state index in [-0.39, 0.29) is 4.57 Å². The van der Waals surface area contributed by atoms with Gasteiger partial charge in [0.25, 0.3) is 0 Å². The van der Waals surface area contributed by atoms with Crippen molar-refractivity contribution >= 4 is 0 Å². The molecule has 2 nitrogen and oxygen atoms in total. The van der Waals surface area contributed by atoms with Gasteiger partial charge in [0.15, 0.2) is 0 Å². The highest BCUT2D eigenvalue weighted by Gasteiger charge is 2.34. The number of aromatic nitrogens is 2. The Morgan fingerprint density at radius 3 is 2.27 bits per heavy atom. The Labute approximate surface area is 61.9 Å². The molecule has 0 aliphatic carbocycles. The zero-order valence-electron chi connectivity index (χ0n) is 6.18. The molecule has 1 aromatic heterocycles. The molecule has 5 heteroatoms. The molecule has 0 saturated heterocycles. The Morgan fingerprint density at radius 2 is 2.09 bits per heavy atom. The molecule has 0 radical (unpaired) electrons. The van der Waals surface area contributed by atoms with Gasteiger partial charge in [0.05, 0.1) is 7.05 Å². The van der Waals surface area contributed by atoms with Crippen molar-refractivity contribution < 1.29 is 17.7 Å². The van der Waals surface area contributed by atoms with E-state index in [4.69, 9.17) is 0 Å². The van der Waals surface area contributed by atoms with E-state index in [1.165, 1.54) is 13.2 Å². The minimum atomic E-state index is -3.18. The molecule has 1 heterocycles. The monoisotopic (exact) mass is 165 g/mol. The molecule has 62 valence electrons. The number of halogens is 3. The van der Waals surface area contributed by atoms with Crippen LogP contribution in [0.4, 0.5) is 13.2 Å². The van der Waals surface area contributed by atoms with E-state index in [1.54, 1.807) is 0 Å². The minimum Gasteiger partial charge on any atom is -0.207 e. The quantitative estimate of drug-likeness (QED) is 0.549. The van der Waals surface area contributed by atoms with E-state index in [0.29, 0.717) is 6.92 Å². The van der Waals surface area contributed by atoms with Gasteiger partial charge in [-0.2, -0.15) is 8.78 Å². The average molecular weight is 165 g/mol. The molecule has 0 aromatic carbocycles. The van der Waals surface area contributed by atoms with E-state index >= 15 is 0 Å². The number of hydrogen-bond acceptors (Lipinski definition) is 0. The van der Waals surface area contributed by atoms with Gasteiger partial charge in [-0.15, -0.1) is 8.96 Å². The Kier molecular flexibility index (Phi) is 1.66. The van der Waals surface area contributed by atoms with Crippen LogP contribution in [0.25, 0.3) is 0 Å².